The van der Waals surface area contributed by atoms with Gasteiger partial charge in [0.1, 0.15) is 5.75 Å². The van der Waals surface area contributed by atoms with E-state index in [2.05, 4.69) is 10.1 Å². The number of hydrogen-bond acceptors (Lipinski definition) is 4. The molecule has 1 aliphatic rings. The number of ether oxygens (including phenoxy) is 1. The Labute approximate surface area is 157 Å². The van der Waals surface area contributed by atoms with Gasteiger partial charge >= 0.3 is 0 Å². The monoisotopic (exact) mass is 357 g/mol. The Morgan fingerprint density at radius 1 is 1.04 bits per heavy atom. The number of carbonyl (C=O) groups is 1. The first-order valence-corrected chi connectivity index (χ1v) is 8.76. The fourth-order valence-corrected chi connectivity index (χ4v) is 3.20. The van der Waals surface area contributed by atoms with Crippen LogP contribution in [-0.4, -0.2) is 28.7 Å². The molecule has 0 saturated heterocycles. The van der Waals surface area contributed by atoms with E-state index in [1.54, 1.807) is 24.5 Å². The molecule has 1 aromatic heterocycles. The number of carbonyl (C=O) groups excluding carboxylic acids is 1. The lowest BCUT2D eigenvalue weighted by atomic mass is 9.99. The van der Waals surface area contributed by atoms with E-state index in [9.17, 15) is 4.79 Å². The number of rotatable bonds is 4. The van der Waals surface area contributed by atoms with Crippen LogP contribution in [0.25, 0.3) is 0 Å². The maximum absolute atomic E-state index is 13.1. The van der Waals surface area contributed by atoms with Crippen molar-refractivity contribution in [2.75, 3.05) is 7.11 Å². The summed E-state index contributed by atoms with van der Waals surface area (Å²) >= 11 is 0. The van der Waals surface area contributed by atoms with Gasteiger partial charge in [-0.05, 0) is 53.6 Å². The van der Waals surface area contributed by atoms with Crippen molar-refractivity contribution >= 4 is 11.6 Å². The highest BCUT2D eigenvalue weighted by Gasteiger charge is 2.33. The van der Waals surface area contributed by atoms with Gasteiger partial charge in [0.05, 0.1) is 18.9 Å². The van der Waals surface area contributed by atoms with Gasteiger partial charge in [-0.25, -0.2) is 5.01 Å². The summed E-state index contributed by atoms with van der Waals surface area (Å²) in [7, 11) is 1.64. The van der Waals surface area contributed by atoms with Gasteiger partial charge in [0.15, 0.2) is 0 Å². The molecule has 134 valence electrons. The van der Waals surface area contributed by atoms with Gasteiger partial charge in [0.2, 0.25) is 0 Å². The fraction of sp³-hybridized carbons (Fsp3) is 0.136. The first-order chi connectivity index (χ1) is 13.3. The zero-order valence-corrected chi connectivity index (χ0v) is 14.9. The molecule has 1 amide bonds. The van der Waals surface area contributed by atoms with Crippen molar-refractivity contribution in [3.05, 3.63) is 95.8 Å². The van der Waals surface area contributed by atoms with E-state index < -0.39 is 0 Å². The minimum absolute atomic E-state index is 0.118. The Hall–Kier alpha value is -3.47. The number of hydrogen-bond donors (Lipinski definition) is 0. The molecule has 0 radical (unpaired) electrons. The van der Waals surface area contributed by atoms with Crippen molar-refractivity contribution in [2.24, 2.45) is 5.10 Å². The lowest BCUT2D eigenvalue weighted by molar-refractivity contribution is 0.0711. The number of hydrazone groups is 1. The molecular formula is C22H19N3O2. The van der Waals surface area contributed by atoms with Crippen molar-refractivity contribution in [1.29, 1.82) is 0 Å². The van der Waals surface area contributed by atoms with Crippen LogP contribution in [-0.2, 0) is 0 Å². The van der Waals surface area contributed by atoms with Gasteiger partial charge in [-0.2, -0.15) is 5.10 Å². The first kappa shape index (κ1) is 17.0. The predicted molar refractivity (Wildman–Crippen MR) is 104 cm³/mol. The van der Waals surface area contributed by atoms with E-state index in [0.29, 0.717) is 12.0 Å². The smallest absolute Gasteiger partial charge is 0.274 e. The molecule has 2 heterocycles. The second kappa shape index (κ2) is 7.41. The highest BCUT2D eigenvalue weighted by molar-refractivity contribution is 6.05. The van der Waals surface area contributed by atoms with Crippen LogP contribution in [0.5, 0.6) is 5.75 Å². The summed E-state index contributed by atoms with van der Waals surface area (Å²) in [6.45, 7) is 0. The Kier molecular flexibility index (Phi) is 4.66. The number of aromatic nitrogens is 1. The molecular weight excluding hydrogens is 338 g/mol. The Morgan fingerprint density at radius 3 is 2.48 bits per heavy atom. The van der Waals surface area contributed by atoms with Gasteiger partial charge in [0, 0.05) is 24.4 Å². The van der Waals surface area contributed by atoms with Crippen LogP contribution < -0.4 is 4.74 Å². The van der Waals surface area contributed by atoms with Crippen LogP contribution >= 0.6 is 0 Å². The summed E-state index contributed by atoms with van der Waals surface area (Å²) in [5.41, 5.74) is 3.43. The molecule has 27 heavy (non-hydrogen) atoms. The minimum atomic E-state index is -0.177. The topological polar surface area (TPSA) is 54.8 Å². The molecule has 0 spiro atoms. The minimum Gasteiger partial charge on any atom is -0.497 e. The van der Waals surface area contributed by atoms with Gasteiger partial charge < -0.3 is 4.74 Å². The molecule has 0 saturated carbocycles. The average molecular weight is 357 g/mol. The third-order valence-electron chi connectivity index (χ3n) is 4.63. The molecule has 1 aliphatic heterocycles. The van der Waals surface area contributed by atoms with Crippen LogP contribution in [0.2, 0.25) is 0 Å². The summed E-state index contributed by atoms with van der Waals surface area (Å²) in [4.78, 5) is 17.3. The van der Waals surface area contributed by atoms with E-state index >= 15 is 0 Å². The number of pyridine rings is 1. The molecule has 0 bridgehead atoms. The lowest BCUT2D eigenvalue weighted by Gasteiger charge is -2.21. The summed E-state index contributed by atoms with van der Waals surface area (Å²) in [6.07, 6.45) is 4.16. The zero-order valence-electron chi connectivity index (χ0n) is 14.9. The summed E-state index contributed by atoms with van der Waals surface area (Å²) in [5.74, 6) is 0.673. The molecule has 0 fully saturated rings. The fourth-order valence-electron chi connectivity index (χ4n) is 3.20. The van der Waals surface area contributed by atoms with E-state index in [1.807, 2.05) is 66.7 Å². The van der Waals surface area contributed by atoms with Crippen LogP contribution in [0.1, 0.15) is 33.9 Å². The molecule has 3 aromatic rings. The van der Waals surface area contributed by atoms with Crippen molar-refractivity contribution < 1.29 is 9.53 Å². The molecule has 0 aliphatic carbocycles. The summed E-state index contributed by atoms with van der Waals surface area (Å²) in [6, 6.07) is 20.6. The van der Waals surface area contributed by atoms with E-state index in [1.165, 1.54) is 0 Å². The van der Waals surface area contributed by atoms with E-state index in [-0.39, 0.29) is 11.9 Å². The van der Waals surface area contributed by atoms with Crippen LogP contribution in [0, 0.1) is 0 Å². The summed E-state index contributed by atoms with van der Waals surface area (Å²) in [5, 5.41) is 6.26. The van der Waals surface area contributed by atoms with Gasteiger partial charge in [-0.1, -0.05) is 24.3 Å². The van der Waals surface area contributed by atoms with Crippen LogP contribution in [0.15, 0.2) is 84.2 Å². The Morgan fingerprint density at radius 2 is 1.81 bits per heavy atom. The SMILES string of the molecule is COc1ccc(C2=NN(C(=O)c3ccccc3)C(c3cccnc3)C2)cc1. The maximum atomic E-state index is 13.1. The van der Waals surface area contributed by atoms with Gasteiger partial charge in [-0.15, -0.1) is 0 Å². The molecule has 1 unspecified atom stereocenters. The third-order valence-corrected chi connectivity index (χ3v) is 4.63. The van der Waals surface area contributed by atoms with Crippen LogP contribution in [0.4, 0.5) is 0 Å². The highest BCUT2D eigenvalue weighted by Crippen LogP contribution is 2.33. The first-order valence-electron chi connectivity index (χ1n) is 8.76. The summed E-state index contributed by atoms with van der Waals surface area (Å²) < 4.78 is 5.23. The molecule has 5 nitrogen and oxygen atoms in total. The largest absolute Gasteiger partial charge is 0.497 e. The molecule has 2 aromatic carbocycles. The van der Waals surface area contributed by atoms with Gasteiger partial charge in [0.25, 0.3) is 5.91 Å². The molecule has 4 rings (SSSR count). The average Bonchev–Trinajstić information content (AvgIpc) is 3.20. The second-order valence-electron chi connectivity index (χ2n) is 6.30. The molecule has 1 atom stereocenters. The van der Waals surface area contributed by atoms with E-state index in [4.69, 9.17) is 4.74 Å². The number of nitrogens with zero attached hydrogens (tertiary/aromatic N) is 3. The molecule has 0 N–H and O–H groups in total. The van der Waals surface area contributed by atoms with Crippen molar-refractivity contribution in [1.82, 2.24) is 9.99 Å². The van der Waals surface area contributed by atoms with Crippen molar-refractivity contribution in [2.45, 2.75) is 12.5 Å². The highest BCUT2D eigenvalue weighted by atomic mass is 16.5. The normalized spacial score (nSPS) is 16.1. The number of amides is 1. The number of benzene rings is 2. The van der Waals surface area contributed by atoms with E-state index in [0.717, 1.165) is 22.6 Å². The van der Waals surface area contributed by atoms with Crippen molar-refractivity contribution in [3.63, 3.8) is 0 Å². The lowest BCUT2D eigenvalue weighted by Crippen LogP contribution is -2.27. The third kappa shape index (κ3) is 3.44. The van der Waals surface area contributed by atoms with Crippen molar-refractivity contribution in [3.8, 4) is 5.75 Å². The standard InChI is InChI=1S/C22H19N3O2/c1-27-19-11-9-16(10-12-19)20-14-21(18-8-5-13-23-15-18)25(24-20)22(26)17-6-3-2-4-7-17/h2-13,15,21H,14H2,1H3. The number of methoxy groups -OCH3 is 1. The Balaban J connectivity index is 1.70. The Bertz CT molecular complexity index is 954. The van der Waals surface area contributed by atoms with Gasteiger partial charge in [-0.3, -0.25) is 9.78 Å². The second-order valence-corrected chi connectivity index (χ2v) is 6.30. The molecule has 5 heteroatoms. The van der Waals surface area contributed by atoms with Crippen LogP contribution in [0.3, 0.4) is 0 Å². The zero-order chi connectivity index (χ0) is 18.6. The maximum Gasteiger partial charge on any atom is 0.274 e. The quantitative estimate of drug-likeness (QED) is 0.707. The predicted octanol–water partition coefficient (Wildman–Crippen LogP) is 4.08.